The molecule has 0 saturated heterocycles. The summed E-state index contributed by atoms with van der Waals surface area (Å²) in [6.45, 7) is 5.45. The molecule has 158 valence electrons. The number of benzene rings is 1. The lowest BCUT2D eigenvalue weighted by molar-refractivity contribution is -0.139. The van der Waals surface area contributed by atoms with Gasteiger partial charge in [0, 0.05) is 17.7 Å². The van der Waals surface area contributed by atoms with Gasteiger partial charge in [0.2, 0.25) is 0 Å². The molecule has 0 spiro atoms. The van der Waals surface area contributed by atoms with Gasteiger partial charge in [-0.2, -0.15) is 0 Å². The summed E-state index contributed by atoms with van der Waals surface area (Å²) in [6, 6.07) is 6.10. The summed E-state index contributed by atoms with van der Waals surface area (Å²) >= 11 is 0. The Morgan fingerprint density at radius 1 is 1.17 bits per heavy atom. The molecule has 2 amide bonds. The van der Waals surface area contributed by atoms with Crippen molar-refractivity contribution < 1.29 is 29.0 Å². The van der Waals surface area contributed by atoms with Gasteiger partial charge in [0.15, 0.2) is 0 Å². The van der Waals surface area contributed by atoms with Crippen LogP contribution in [-0.4, -0.2) is 41.4 Å². The minimum Gasteiger partial charge on any atom is -0.480 e. The van der Waals surface area contributed by atoms with E-state index < -0.39 is 29.8 Å². The second kappa shape index (κ2) is 11.6. The number of carbonyl (C=O) groups excluding carboxylic acids is 2. The predicted molar refractivity (Wildman–Crippen MR) is 107 cm³/mol. The van der Waals surface area contributed by atoms with Crippen LogP contribution >= 0.6 is 0 Å². The van der Waals surface area contributed by atoms with Crippen LogP contribution in [0.5, 0.6) is 0 Å². The number of terminal acetylenes is 1. The Hall–Kier alpha value is -3.21. The third-order valence-corrected chi connectivity index (χ3v) is 3.71. The van der Waals surface area contributed by atoms with Crippen LogP contribution in [0.4, 0.5) is 9.59 Å². The van der Waals surface area contributed by atoms with Gasteiger partial charge in [-0.25, -0.2) is 14.4 Å². The maximum Gasteiger partial charge on any atom is 0.408 e. The van der Waals surface area contributed by atoms with Gasteiger partial charge in [0.1, 0.15) is 18.2 Å². The molecular weight excluding hydrogens is 376 g/mol. The normalized spacial score (nSPS) is 11.7. The molecular formula is C21H28N2O6. The maximum absolute atomic E-state index is 11.7. The van der Waals surface area contributed by atoms with E-state index in [2.05, 4.69) is 16.6 Å². The predicted octanol–water partition coefficient (Wildman–Crippen LogP) is 3.04. The van der Waals surface area contributed by atoms with E-state index in [0.717, 1.165) is 5.56 Å². The fourth-order valence-corrected chi connectivity index (χ4v) is 2.35. The first-order chi connectivity index (χ1) is 13.6. The monoisotopic (exact) mass is 404 g/mol. The molecule has 1 unspecified atom stereocenters. The summed E-state index contributed by atoms with van der Waals surface area (Å²) in [5, 5.41) is 14.1. The van der Waals surface area contributed by atoms with Crippen LogP contribution in [0.25, 0.3) is 0 Å². The number of alkyl carbamates (subject to hydrolysis) is 2. The second-order valence-electron chi connectivity index (χ2n) is 7.34. The molecule has 1 atom stereocenters. The lowest BCUT2D eigenvalue weighted by Crippen LogP contribution is -2.43. The Bertz CT molecular complexity index is 748. The SMILES string of the molecule is C#Cc1ccccc1COC(=O)NCCCCC(NC(=O)OC(C)(C)C)C(=O)O. The highest BCUT2D eigenvalue weighted by Gasteiger charge is 2.23. The standard InChI is InChI=1S/C21H28N2O6/c1-5-15-10-6-7-11-16(15)14-28-19(26)22-13-9-8-12-17(18(24)25)23-20(27)29-21(2,3)4/h1,6-7,10-11,17H,8-9,12-14H2,2-4H3,(H,22,26)(H,23,27)(H,24,25). The number of unbranched alkanes of at least 4 members (excludes halogenated alkanes) is 1. The summed E-state index contributed by atoms with van der Waals surface area (Å²) in [6.07, 6.45) is 5.24. The number of carbonyl (C=O) groups is 3. The van der Waals surface area contributed by atoms with Crippen LogP contribution in [0, 0.1) is 12.3 Å². The Labute approximate surface area is 171 Å². The molecule has 0 heterocycles. The van der Waals surface area contributed by atoms with E-state index in [1.165, 1.54) is 0 Å². The van der Waals surface area contributed by atoms with E-state index in [1.807, 2.05) is 6.07 Å². The van der Waals surface area contributed by atoms with E-state index >= 15 is 0 Å². The van der Waals surface area contributed by atoms with Crippen molar-refractivity contribution in [2.24, 2.45) is 0 Å². The zero-order valence-electron chi connectivity index (χ0n) is 17.0. The van der Waals surface area contributed by atoms with Crippen LogP contribution in [0.15, 0.2) is 24.3 Å². The number of aliphatic carboxylic acids is 1. The first-order valence-electron chi connectivity index (χ1n) is 9.30. The van der Waals surface area contributed by atoms with Crippen molar-refractivity contribution >= 4 is 18.2 Å². The summed E-state index contributed by atoms with van der Waals surface area (Å²) in [4.78, 5) is 34.7. The lowest BCUT2D eigenvalue weighted by atomic mass is 10.1. The number of amides is 2. The fourth-order valence-electron chi connectivity index (χ4n) is 2.35. The number of carboxylic acids is 1. The van der Waals surface area contributed by atoms with E-state index in [9.17, 15) is 19.5 Å². The van der Waals surface area contributed by atoms with Crippen molar-refractivity contribution in [1.29, 1.82) is 0 Å². The number of ether oxygens (including phenoxy) is 2. The molecule has 0 bridgehead atoms. The number of rotatable bonds is 9. The molecule has 0 aromatic heterocycles. The Morgan fingerprint density at radius 2 is 1.86 bits per heavy atom. The Morgan fingerprint density at radius 3 is 2.48 bits per heavy atom. The molecule has 0 saturated carbocycles. The summed E-state index contributed by atoms with van der Waals surface area (Å²) in [5.74, 6) is 1.38. The van der Waals surface area contributed by atoms with E-state index in [0.29, 0.717) is 24.9 Å². The molecule has 3 N–H and O–H groups in total. The van der Waals surface area contributed by atoms with Gasteiger partial charge in [-0.3, -0.25) is 0 Å². The molecule has 0 aliphatic rings. The first-order valence-corrected chi connectivity index (χ1v) is 9.30. The molecule has 0 aliphatic heterocycles. The van der Waals surface area contributed by atoms with Gasteiger partial charge in [-0.1, -0.05) is 24.1 Å². The quantitative estimate of drug-likeness (QED) is 0.431. The highest BCUT2D eigenvalue weighted by molar-refractivity contribution is 5.79. The molecule has 29 heavy (non-hydrogen) atoms. The Kier molecular flexibility index (Phi) is 9.52. The van der Waals surface area contributed by atoms with Crippen molar-refractivity contribution in [3.05, 3.63) is 35.4 Å². The van der Waals surface area contributed by atoms with Crippen molar-refractivity contribution in [2.45, 2.75) is 58.3 Å². The summed E-state index contributed by atoms with van der Waals surface area (Å²) in [7, 11) is 0. The third-order valence-electron chi connectivity index (χ3n) is 3.71. The van der Waals surface area contributed by atoms with Gasteiger partial charge < -0.3 is 25.2 Å². The van der Waals surface area contributed by atoms with Crippen LogP contribution in [0.3, 0.4) is 0 Å². The smallest absolute Gasteiger partial charge is 0.408 e. The Balaban J connectivity index is 2.28. The fraction of sp³-hybridized carbons (Fsp3) is 0.476. The largest absolute Gasteiger partial charge is 0.480 e. The molecule has 8 nitrogen and oxygen atoms in total. The third kappa shape index (κ3) is 10.1. The highest BCUT2D eigenvalue weighted by Crippen LogP contribution is 2.09. The summed E-state index contributed by atoms with van der Waals surface area (Å²) in [5.41, 5.74) is 0.693. The van der Waals surface area contributed by atoms with Crippen molar-refractivity contribution in [2.75, 3.05) is 6.54 Å². The van der Waals surface area contributed by atoms with Crippen LogP contribution in [-0.2, 0) is 20.9 Å². The number of carboxylic acid groups (broad SMARTS) is 1. The second-order valence-corrected chi connectivity index (χ2v) is 7.34. The lowest BCUT2D eigenvalue weighted by Gasteiger charge is -2.22. The molecule has 0 fully saturated rings. The summed E-state index contributed by atoms with van der Waals surface area (Å²) < 4.78 is 10.2. The van der Waals surface area contributed by atoms with Gasteiger partial charge in [0.05, 0.1) is 0 Å². The van der Waals surface area contributed by atoms with Crippen molar-refractivity contribution in [3.8, 4) is 12.3 Å². The van der Waals surface area contributed by atoms with Gasteiger partial charge >= 0.3 is 18.2 Å². The zero-order valence-corrected chi connectivity index (χ0v) is 17.0. The topological polar surface area (TPSA) is 114 Å². The van der Waals surface area contributed by atoms with Crippen LogP contribution in [0.1, 0.15) is 51.2 Å². The molecule has 1 aromatic carbocycles. The number of hydrogen-bond acceptors (Lipinski definition) is 5. The van der Waals surface area contributed by atoms with E-state index in [-0.39, 0.29) is 13.0 Å². The minimum absolute atomic E-state index is 0.0626. The maximum atomic E-state index is 11.7. The highest BCUT2D eigenvalue weighted by atomic mass is 16.6. The van der Waals surface area contributed by atoms with E-state index in [1.54, 1.807) is 39.0 Å². The van der Waals surface area contributed by atoms with E-state index in [4.69, 9.17) is 15.9 Å². The van der Waals surface area contributed by atoms with Gasteiger partial charge in [-0.05, 0) is 46.1 Å². The molecule has 8 heteroatoms. The van der Waals surface area contributed by atoms with Crippen LogP contribution < -0.4 is 10.6 Å². The van der Waals surface area contributed by atoms with Crippen molar-refractivity contribution in [3.63, 3.8) is 0 Å². The molecule has 1 rings (SSSR count). The minimum atomic E-state index is -1.14. The molecule has 0 aliphatic carbocycles. The molecule has 0 radical (unpaired) electrons. The van der Waals surface area contributed by atoms with Gasteiger partial charge in [0.25, 0.3) is 0 Å². The number of hydrogen-bond donors (Lipinski definition) is 3. The molecule has 1 aromatic rings. The first kappa shape index (κ1) is 23.8. The average molecular weight is 404 g/mol. The van der Waals surface area contributed by atoms with Crippen LogP contribution in [0.2, 0.25) is 0 Å². The average Bonchev–Trinajstić information content (AvgIpc) is 2.63. The zero-order chi connectivity index (χ0) is 21.9. The van der Waals surface area contributed by atoms with Gasteiger partial charge in [-0.15, -0.1) is 6.42 Å². The number of nitrogens with one attached hydrogen (secondary N) is 2. The van der Waals surface area contributed by atoms with Crippen molar-refractivity contribution in [1.82, 2.24) is 10.6 Å².